The molecule has 0 aromatic heterocycles. The van der Waals surface area contributed by atoms with Crippen molar-refractivity contribution in [2.75, 3.05) is 13.7 Å². The van der Waals surface area contributed by atoms with Gasteiger partial charge in [0.05, 0.1) is 30.9 Å². The molecule has 0 N–H and O–H groups in total. The molecule has 0 saturated carbocycles. The molecule has 0 radical (unpaired) electrons. The van der Waals surface area contributed by atoms with Crippen LogP contribution in [0.3, 0.4) is 0 Å². The van der Waals surface area contributed by atoms with Gasteiger partial charge in [0.25, 0.3) is 0 Å². The van der Waals surface area contributed by atoms with Crippen molar-refractivity contribution < 1.29 is 14.3 Å². The normalized spacial score (nSPS) is 11.6. The Balaban J connectivity index is 1.37. The second kappa shape index (κ2) is 16.6. The first-order chi connectivity index (χ1) is 20.6. The summed E-state index contributed by atoms with van der Waals surface area (Å²) in [5.74, 6) is 0.868. The molecule has 0 aliphatic carbocycles. The van der Waals surface area contributed by atoms with Crippen LogP contribution in [0.2, 0.25) is 0 Å². The van der Waals surface area contributed by atoms with E-state index < -0.39 is 0 Å². The summed E-state index contributed by atoms with van der Waals surface area (Å²) in [6.45, 7) is 0.704. The SMILES string of the molecule is COC(=O)c1ccc(CCC(/C=C/c2ccccc2OCCCCCc2ccccc2)Cc2ccc(C#N)cc2)cc1. The van der Waals surface area contributed by atoms with Crippen LogP contribution in [-0.4, -0.2) is 19.7 Å². The highest BCUT2D eigenvalue weighted by molar-refractivity contribution is 5.89. The Kier molecular flexibility index (Phi) is 12.0. The van der Waals surface area contributed by atoms with Gasteiger partial charge in [0.2, 0.25) is 0 Å². The van der Waals surface area contributed by atoms with E-state index >= 15 is 0 Å². The molecule has 4 aromatic carbocycles. The lowest BCUT2D eigenvalue weighted by Crippen LogP contribution is -2.05. The fourth-order valence-electron chi connectivity index (χ4n) is 4.99. The molecule has 4 nitrogen and oxygen atoms in total. The summed E-state index contributed by atoms with van der Waals surface area (Å²) in [6.07, 6.45) is 11.6. The van der Waals surface area contributed by atoms with Gasteiger partial charge >= 0.3 is 5.97 Å². The van der Waals surface area contributed by atoms with Crippen LogP contribution in [0, 0.1) is 17.2 Å². The van der Waals surface area contributed by atoms with Crippen LogP contribution < -0.4 is 4.74 Å². The molecular formula is C38H39NO3. The first kappa shape index (κ1) is 30.3. The van der Waals surface area contributed by atoms with Crippen LogP contribution in [0.4, 0.5) is 0 Å². The van der Waals surface area contributed by atoms with Gasteiger partial charge < -0.3 is 9.47 Å². The Labute approximate surface area is 250 Å². The highest BCUT2D eigenvalue weighted by Crippen LogP contribution is 2.24. The summed E-state index contributed by atoms with van der Waals surface area (Å²) in [6, 6.07) is 36.5. The van der Waals surface area contributed by atoms with E-state index in [1.807, 2.05) is 66.7 Å². The molecule has 0 spiro atoms. The number of allylic oxidation sites excluding steroid dienone is 1. The van der Waals surface area contributed by atoms with Gasteiger partial charge in [-0.1, -0.05) is 84.9 Å². The van der Waals surface area contributed by atoms with Crippen LogP contribution in [-0.2, 0) is 24.0 Å². The Bertz CT molecular complexity index is 1450. The minimum atomic E-state index is -0.323. The molecule has 0 aliphatic heterocycles. The minimum absolute atomic E-state index is 0.282. The standard InChI is InChI=1S/C38H39NO3/c1-41-38(40)36-25-21-31(22-26-36)15-16-33(28-32-17-19-34(29-39)20-18-32)23-24-35-13-7-8-14-37(35)42-27-9-3-6-12-30-10-4-2-5-11-30/h2,4-5,7-8,10-11,13-14,17-26,33H,3,6,9,12,15-16,27-28H2,1H3/b24-23+. The average molecular weight is 558 g/mol. The maximum Gasteiger partial charge on any atom is 0.337 e. The largest absolute Gasteiger partial charge is 0.493 e. The molecule has 0 amide bonds. The summed E-state index contributed by atoms with van der Waals surface area (Å²) in [5, 5.41) is 9.18. The smallest absolute Gasteiger partial charge is 0.337 e. The van der Waals surface area contributed by atoms with E-state index in [0.29, 0.717) is 17.7 Å². The quantitative estimate of drug-likeness (QED) is 0.108. The van der Waals surface area contributed by atoms with Crippen molar-refractivity contribution in [3.05, 3.63) is 143 Å². The molecule has 0 bridgehead atoms. The lowest BCUT2D eigenvalue weighted by Gasteiger charge is -2.15. The van der Waals surface area contributed by atoms with E-state index in [2.05, 4.69) is 54.6 Å². The molecule has 4 aromatic rings. The Hall–Kier alpha value is -4.62. The third-order valence-electron chi connectivity index (χ3n) is 7.44. The maximum absolute atomic E-state index is 11.8. The van der Waals surface area contributed by atoms with Gasteiger partial charge in [0.15, 0.2) is 0 Å². The number of para-hydroxylation sites is 1. The molecule has 0 saturated heterocycles. The van der Waals surface area contributed by atoms with Crippen molar-refractivity contribution in [2.45, 2.75) is 44.9 Å². The van der Waals surface area contributed by atoms with Crippen molar-refractivity contribution in [2.24, 2.45) is 5.92 Å². The number of aryl methyl sites for hydroxylation is 2. The highest BCUT2D eigenvalue weighted by atomic mass is 16.5. The number of carbonyl (C=O) groups excluding carboxylic acids is 1. The zero-order valence-electron chi connectivity index (χ0n) is 24.4. The minimum Gasteiger partial charge on any atom is -0.493 e. The maximum atomic E-state index is 11.8. The zero-order valence-corrected chi connectivity index (χ0v) is 24.4. The van der Waals surface area contributed by atoms with Crippen LogP contribution in [0.5, 0.6) is 5.75 Å². The predicted molar refractivity (Wildman–Crippen MR) is 169 cm³/mol. The van der Waals surface area contributed by atoms with Crippen molar-refractivity contribution in [1.82, 2.24) is 0 Å². The van der Waals surface area contributed by atoms with E-state index in [4.69, 9.17) is 9.47 Å². The molecule has 0 aliphatic rings. The summed E-state index contributed by atoms with van der Waals surface area (Å²) in [5.41, 5.74) is 6.07. The number of rotatable bonds is 15. The van der Waals surface area contributed by atoms with Crippen LogP contribution in [0.25, 0.3) is 6.08 Å². The molecule has 4 heteroatoms. The first-order valence-corrected chi connectivity index (χ1v) is 14.7. The van der Waals surface area contributed by atoms with E-state index in [0.717, 1.165) is 56.3 Å². The molecule has 0 fully saturated rings. The molecule has 1 atom stereocenters. The monoisotopic (exact) mass is 557 g/mol. The van der Waals surface area contributed by atoms with E-state index in [-0.39, 0.29) is 11.9 Å². The molecule has 42 heavy (non-hydrogen) atoms. The van der Waals surface area contributed by atoms with E-state index in [1.54, 1.807) is 0 Å². The number of hydrogen-bond donors (Lipinski definition) is 0. The second-order valence-electron chi connectivity index (χ2n) is 10.5. The van der Waals surface area contributed by atoms with Gasteiger partial charge in [0, 0.05) is 5.56 Å². The van der Waals surface area contributed by atoms with Crippen LogP contribution >= 0.6 is 0 Å². The number of benzene rings is 4. The van der Waals surface area contributed by atoms with Crippen LogP contribution in [0.1, 0.15) is 63.9 Å². The summed E-state index contributed by atoms with van der Waals surface area (Å²) >= 11 is 0. The van der Waals surface area contributed by atoms with Crippen molar-refractivity contribution in [3.63, 3.8) is 0 Å². The lowest BCUT2D eigenvalue weighted by molar-refractivity contribution is 0.0600. The molecular weight excluding hydrogens is 518 g/mol. The van der Waals surface area contributed by atoms with Gasteiger partial charge in [-0.15, -0.1) is 0 Å². The number of esters is 1. The van der Waals surface area contributed by atoms with Crippen molar-refractivity contribution in [1.29, 1.82) is 5.26 Å². The number of hydrogen-bond acceptors (Lipinski definition) is 4. The van der Waals surface area contributed by atoms with Gasteiger partial charge in [-0.3, -0.25) is 0 Å². The average Bonchev–Trinajstić information content (AvgIpc) is 3.05. The number of nitrogens with zero attached hydrogens (tertiary/aromatic N) is 1. The summed E-state index contributed by atoms with van der Waals surface area (Å²) < 4.78 is 11.0. The molecule has 214 valence electrons. The second-order valence-corrected chi connectivity index (χ2v) is 10.5. The van der Waals surface area contributed by atoms with Gasteiger partial charge in [-0.25, -0.2) is 4.79 Å². The Morgan fingerprint density at radius 2 is 1.48 bits per heavy atom. The van der Waals surface area contributed by atoms with E-state index in [9.17, 15) is 10.1 Å². The van der Waals surface area contributed by atoms with Gasteiger partial charge in [0.1, 0.15) is 5.75 Å². The van der Waals surface area contributed by atoms with E-state index in [1.165, 1.54) is 23.8 Å². The zero-order chi connectivity index (χ0) is 29.4. The Morgan fingerprint density at radius 3 is 2.21 bits per heavy atom. The van der Waals surface area contributed by atoms with Gasteiger partial charge in [-0.2, -0.15) is 5.26 Å². The Morgan fingerprint density at radius 1 is 0.786 bits per heavy atom. The third kappa shape index (κ3) is 9.78. The van der Waals surface area contributed by atoms with Crippen LogP contribution in [0.15, 0.2) is 109 Å². The number of ether oxygens (including phenoxy) is 2. The molecule has 4 rings (SSSR count). The number of unbranched alkanes of at least 4 members (excludes halogenated alkanes) is 2. The number of nitriles is 1. The third-order valence-corrected chi connectivity index (χ3v) is 7.44. The molecule has 0 heterocycles. The fraction of sp³-hybridized carbons (Fsp3) is 0.263. The number of carbonyl (C=O) groups is 1. The highest BCUT2D eigenvalue weighted by Gasteiger charge is 2.10. The first-order valence-electron chi connectivity index (χ1n) is 14.7. The van der Waals surface area contributed by atoms with Crippen molar-refractivity contribution in [3.8, 4) is 11.8 Å². The fourth-order valence-corrected chi connectivity index (χ4v) is 4.99. The predicted octanol–water partition coefficient (Wildman–Crippen LogP) is 8.64. The summed E-state index contributed by atoms with van der Waals surface area (Å²) in [4.78, 5) is 11.8. The molecule has 1 unspecified atom stereocenters. The lowest BCUT2D eigenvalue weighted by atomic mass is 9.91. The van der Waals surface area contributed by atoms with Crippen molar-refractivity contribution >= 4 is 12.0 Å². The number of methoxy groups -OCH3 is 1. The van der Waals surface area contributed by atoms with Gasteiger partial charge in [-0.05, 0) is 97.9 Å². The topological polar surface area (TPSA) is 59.3 Å². The summed E-state index contributed by atoms with van der Waals surface area (Å²) in [7, 11) is 1.40.